The summed E-state index contributed by atoms with van der Waals surface area (Å²) in [5, 5.41) is 12.0. The molecule has 0 saturated carbocycles. The zero-order chi connectivity index (χ0) is 25.6. The van der Waals surface area contributed by atoms with E-state index in [0.29, 0.717) is 18.8 Å². The summed E-state index contributed by atoms with van der Waals surface area (Å²) in [6.07, 6.45) is 4.12. The first-order valence-corrected chi connectivity index (χ1v) is 13.0. The molecule has 0 aliphatic carbocycles. The number of sulfonamides is 1. The van der Waals surface area contributed by atoms with E-state index in [-0.39, 0.29) is 10.5 Å². The number of nitrogens with one attached hydrogen (secondary N) is 1. The predicted molar refractivity (Wildman–Crippen MR) is 132 cm³/mol. The Morgan fingerprint density at radius 3 is 2.43 bits per heavy atom. The van der Waals surface area contributed by atoms with E-state index in [0.717, 1.165) is 42.8 Å². The molecule has 1 aromatic heterocycles. The third-order valence-electron chi connectivity index (χ3n) is 5.88. The second kappa shape index (κ2) is 11.3. The van der Waals surface area contributed by atoms with Crippen molar-refractivity contribution in [3.63, 3.8) is 0 Å². The molecule has 3 rings (SSSR count). The van der Waals surface area contributed by atoms with Crippen molar-refractivity contribution in [3.8, 4) is 6.07 Å². The number of amides is 1. The number of carbonyl (C=O) groups excluding carboxylic acids is 2. The Morgan fingerprint density at radius 1 is 1.17 bits per heavy atom. The lowest BCUT2D eigenvalue weighted by Gasteiger charge is -2.15. The zero-order valence-electron chi connectivity index (χ0n) is 20.2. The monoisotopic (exact) mass is 498 g/mol. The van der Waals surface area contributed by atoms with E-state index in [1.54, 1.807) is 0 Å². The number of anilines is 1. The molecule has 0 spiro atoms. The molecule has 1 aliphatic rings. The lowest BCUT2D eigenvalue weighted by atomic mass is 10.1. The molecule has 1 aliphatic heterocycles. The molecule has 0 atom stereocenters. The zero-order valence-corrected chi connectivity index (χ0v) is 21.0. The van der Waals surface area contributed by atoms with E-state index in [4.69, 9.17) is 4.74 Å². The number of rotatable bonds is 9. The van der Waals surface area contributed by atoms with Gasteiger partial charge in [0.05, 0.1) is 4.90 Å². The number of aryl methyl sites for hydroxylation is 1. The first-order valence-electron chi connectivity index (χ1n) is 11.5. The highest BCUT2D eigenvalue weighted by Gasteiger charge is 2.27. The number of esters is 1. The number of hydrogen-bond acceptors (Lipinski definition) is 6. The van der Waals surface area contributed by atoms with Gasteiger partial charge in [0.25, 0.3) is 5.91 Å². The number of nitriles is 1. The van der Waals surface area contributed by atoms with Crippen LogP contribution in [0.4, 0.5) is 5.69 Å². The lowest BCUT2D eigenvalue weighted by molar-refractivity contribution is -0.142. The van der Waals surface area contributed by atoms with Crippen molar-refractivity contribution >= 4 is 33.7 Å². The minimum Gasteiger partial charge on any atom is -0.451 e. The van der Waals surface area contributed by atoms with Crippen molar-refractivity contribution in [3.05, 3.63) is 52.9 Å². The fourth-order valence-corrected chi connectivity index (χ4v) is 5.54. The van der Waals surface area contributed by atoms with Gasteiger partial charge in [0.15, 0.2) is 6.61 Å². The third-order valence-corrected chi connectivity index (χ3v) is 7.79. The number of hydrogen-bond donors (Lipinski definition) is 1. The van der Waals surface area contributed by atoms with Gasteiger partial charge in [-0.25, -0.2) is 13.2 Å². The number of carbonyl (C=O) groups is 2. The highest BCUT2D eigenvalue weighted by atomic mass is 32.2. The average molecular weight is 499 g/mol. The molecule has 1 N–H and O–H groups in total. The quantitative estimate of drug-likeness (QED) is 0.321. The normalized spacial score (nSPS) is 14.5. The van der Waals surface area contributed by atoms with Gasteiger partial charge in [0.1, 0.15) is 11.6 Å². The van der Waals surface area contributed by atoms with Gasteiger partial charge in [-0.3, -0.25) is 4.79 Å². The number of ether oxygens (including phenoxy) is 1. The molecule has 186 valence electrons. The summed E-state index contributed by atoms with van der Waals surface area (Å²) in [6.45, 7) is 7.23. The first-order chi connectivity index (χ1) is 16.7. The lowest BCUT2D eigenvalue weighted by Crippen LogP contribution is -2.27. The van der Waals surface area contributed by atoms with Gasteiger partial charge in [-0.2, -0.15) is 9.57 Å². The summed E-state index contributed by atoms with van der Waals surface area (Å²) in [7, 11) is -3.54. The van der Waals surface area contributed by atoms with E-state index in [9.17, 15) is 23.3 Å². The summed E-state index contributed by atoms with van der Waals surface area (Å²) < 4.78 is 33.8. The predicted octanol–water partition coefficient (Wildman–Crippen LogP) is 3.39. The van der Waals surface area contributed by atoms with Gasteiger partial charge in [0.2, 0.25) is 10.0 Å². The van der Waals surface area contributed by atoms with E-state index >= 15 is 0 Å². The molecule has 1 saturated heterocycles. The molecule has 2 heterocycles. The Balaban J connectivity index is 1.59. The van der Waals surface area contributed by atoms with E-state index in [2.05, 4.69) is 16.8 Å². The summed E-state index contributed by atoms with van der Waals surface area (Å²) in [5.74, 6) is -1.50. The molecule has 1 fully saturated rings. The van der Waals surface area contributed by atoms with Crippen LogP contribution in [0, 0.1) is 25.2 Å². The van der Waals surface area contributed by atoms with Gasteiger partial charge in [-0.15, -0.1) is 0 Å². The van der Waals surface area contributed by atoms with Crippen molar-refractivity contribution in [1.29, 1.82) is 5.26 Å². The maximum absolute atomic E-state index is 12.6. The Morgan fingerprint density at radius 2 is 1.83 bits per heavy atom. The smallest absolute Gasteiger partial charge is 0.349 e. The molecule has 10 heteroatoms. The van der Waals surface area contributed by atoms with Crippen LogP contribution in [0.3, 0.4) is 0 Å². The maximum atomic E-state index is 12.6. The van der Waals surface area contributed by atoms with Crippen LogP contribution in [0.5, 0.6) is 0 Å². The van der Waals surface area contributed by atoms with Crippen molar-refractivity contribution < 1.29 is 22.7 Å². The Hall–Kier alpha value is -3.42. The van der Waals surface area contributed by atoms with Crippen LogP contribution in [-0.2, 0) is 30.9 Å². The largest absolute Gasteiger partial charge is 0.451 e. The van der Waals surface area contributed by atoms with E-state index < -0.39 is 28.5 Å². The Kier molecular flexibility index (Phi) is 8.48. The molecule has 9 nitrogen and oxygen atoms in total. The standard InChI is InChI=1S/C25H30N4O5S/c1-4-11-29-18(2)14-20(19(29)3)15-21(16-26)25(31)34-17-24(30)27-22-7-9-23(10-8-22)35(32,33)28-12-5-6-13-28/h7-10,14-15H,4-6,11-13,17H2,1-3H3,(H,27,30). The van der Waals surface area contributed by atoms with Crippen LogP contribution in [0.15, 0.2) is 40.8 Å². The third kappa shape index (κ3) is 6.18. The summed E-state index contributed by atoms with van der Waals surface area (Å²) >= 11 is 0. The molecule has 2 aromatic rings. The minimum atomic E-state index is -3.54. The fourth-order valence-electron chi connectivity index (χ4n) is 4.03. The summed E-state index contributed by atoms with van der Waals surface area (Å²) in [6, 6.07) is 9.56. The molecule has 1 aromatic carbocycles. The van der Waals surface area contributed by atoms with Crippen molar-refractivity contribution in [2.24, 2.45) is 0 Å². The van der Waals surface area contributed by atoms with Crippen molar-refractivity contribution in [1.82, 2.24) is 8.87 Å². The number of benzene rings is 1. The number of aromatic nitrogens is 1. The van der Waals surface area contributed by atoms with Gasteiger partial charge in [0, 0.05) is 36.7 Å². The van der Waals surface area contributed by atoms with Gasteiger partial charge in [-0.05, 0) is 75.1 Å². The van der Waals surface area contributed by atoms with Gasteiger partial charge < -0.3 is 14.6 Å². The van der Waals surface area contributed by atoms with Crippen molar-refractivity contribution in [2.75, 3.05) is 25.0 Å². The summed E-state index contributed by atoms with van der Waals surface area (Å²) in [4.78, 5) is 24.8. The van der Waals surface area contributed by atoms with Crippen LogP contribution in [0.1, 0.15) is 43.1 Å². The van der Waals surface area contributed by atoms with Crippen molar-refractivity contribution in [2.45, 2.75) is 51.5 Å². The topological polar surface area (TPSA) is 121 Å². The molecular formula is C25H30N4O5S. The average Bonchev–Trinajstić information content (AvgIpc) is 3.47. The van der Waals surface area contributed by atoms with Crippen LogP contribution in [0.25, 0.3) is 6.08 Å². The summed E-state index contributed by atoms with van der Waals surface area (Å²) in [5.41, 5.74) is 2.88. The first kappa shape index (κ1) is 26.2. The SMILES string of the molecule is CCCn1c(C)cc(C=C(C#N)C(=O)OCC(=O)Nc2ccc(S(=O)(=O)N3CCCC3)cc2)c1C. The second-order valence-electron chi connectivity index (χ2n) is 8.41. The van der Waals surface area contributed by atoms with Crippen LogP contribution < -0.4 is 5.32 Å². The van der Waals surface area contributed by atoms with Gasteiger partial charge >= 0.3 is 5.97 Å². The maximum Gasteiger partial charge on any atom is 0.349 e. The highest BCUT2D eigenvalue weighted by Crippen LogP contribution is 2.22. The molecule has 0 radical (unpaired) electrons. The highest BCUT2D eigenvalue weighted by molar-refractivity contribution is 7.89. The molecule has 0 unspecified atom stereocenters. The Labute approximate surface area is 206 Å². The van der Waals surface area contributed by atoms with E-state index in [1.165, 1.54) is 34.6 Å². The van der Waals surface area contributed by atoms with Crippen LogP contribution in [-0.4, -0.2) is 48.9 Å². The fraction of sp³-hybridized carbons (Fsp3) is 0.400. The Bertz CT molecular complexity index is 1260. The van der Waals surface area contributed by atoms with E-state index in [1.807, 2.05) is 26.0 Å². The molecule has 1 amide bonds. The van der Waals surface area contributed by atoms with Crippen LogP contribution in [0.2, 0.25) is 0 Å². The number of nitrogens with zero attached hydrogens (tertiary/aromatic N) is 3. The molecule has 35 heavy (non-hydrogen) atoms. The molecule has 0 bridgehead atoms. The van der Waals surface area contributed by atoms with Crippen LogP contribution >= 0.6 is 0 Å². The minimum absolute atomic E-state index is 0.158. The molecular weight excluding hydrogens is 468 g/mol. The van der Waals surface area contributed by atoms with Gasteiger partial charge in [-0.1, -0.05) is 6.92 Å². The second-order valence-corrected chi connectivity index (χ2v) is 10.3.